The van der Waals surface area contributed by atoms with E-state index >= 15 is 0 Å². The first kappa shape index (κ1) is 16.7. The number of benzene rings is 2. The maximum absolute atomic E-state index is 5.93. The van der Waals surface area contributed by atoms with Crippen LogP contribution in [-0.2, 0) is 6.61 Å². The van der Waals surface area contributed by atoms with Crippen molar-refractivity contribution in [3.8, 4) is 11.5 Å². The lowest BCUT2D eigenvalue weighted by Crippen LogP contribution is -2.18. The van der Waals surface area contributed by atoms with Gasteiger partial charge in [0.2, 0.25) is 0 Å². The molecule has 2 aromatic carbocycles. The second kappa shape index (κ2) is 7.24. The average molecular weight is 348 g/mol. The highest BCUT2D eigenvalue weighted by molar-refractivity contribution is 5.92. The number of hydrogen-bond acceptors (Lipinski definition) is 4. The van der Waals surface area contributed by atoms with E-state index in [1.807, 2.05) is 24.3 Å². The minimum absolute atomic E-state index is 0.512. The van der Waals surface area contributed by atoms with Crippen molar-refractivity contribution in [3.05, 3.63) is 59.8 Å². The van der Waals surface area contributed by atoms with Gasteiger partial charge in [-0.25, -0.2) is 0 Å². The molecule has 0 unspecified atom stereocenters. The van der Waals surface area contributed by atoms with E-state index in [0.29, 0.717) is 6.61 Å². The maximum Gasteiger partial charge on any atom is 0.123 e. The van der Waals surface area contributed by atoms with E-state index in [0.717, 1.165) is 41.4 Å². The molecule has 3 aromatic rings. The molecular formula is C22H24N2O2. The summed E-state index contributed by atoms with van der Waals surface area (Å²) in [6.45, 7) is 4.86. The second-order valence-electron chi connectivity index (χ2n) is 6.80. The third kappa shape index (κ3) is 3.45. The van der Waals surface area contributed by atoms with E-state index in [2.05, 4.69) is 36.1 Å². The van der Waals surface area contributed by atoms with Crippen LogP contribution in [0.5, 0.6) is 11.5 Å². The van der Waals surface area contributed by atoms with Crippen LogP contribution in [0.1, 0.15) is 24.1 Å². The highest BCUT2D eigenvalue weighted by Crippen LogP contribution is 2.30. The minimum atomic E-state index is 0.512. The van der Waals surface area contributed by atoms with Gasteiger partial charge in [0.1, 0.15) is 18.1 Å². The first-order valence-electron chi connectivity index (χ1n) is 9.15. The van der Waals surface area contributed by atoms with Gasteiger partial charge in [0, 0.05) is 35.9 Å². The smallest absolute Gasteiger partial charge is 0.123 e. The molecule has 1 aliphatic rings. The Hall–Kier alpha value is -2.75. The van der Waals surface area contributed by atoms with Crippen LogP contribution < -0.4 is 14.4 Å². The van der Waals surface area contributed by atoms with Gasteiger partial charge in [0.05, 0.1) is 12.6 Å². The quantitative estimate of drug-likeness (QED) is 0.667. The fraction of sp³-hybridized carbons (Fsp3) is 0.318. The predicted octanol–water partition coefficient (Wildman–Crippen LogP) is 4.73. The molecule has 2 heterocycles. The van der Waals surface area contributed by atoms with Crippen molar-refractivity contribution in [3.63, 3.8) is 0 Å². The van der Waals surface area contributed by atoms with Crippen LogP contribution in [0.25, 0.3) is 10.9 Å². The number of pyridine rings is 1. The van der Waals surface area contributed by atoms with Crippen molar-refractivity contribution in [2.24, 2.45) is 0 Å². The number of methoxy groups -OCH3 is 1. The van der Waals surface area contributed by atoms with Gasteiger partial charge < -0.3 is 14.4 Å². The van der Waals surface area contributed by atoms with Crippen molar-refractivity contribution >= 4 is 16.6 Å². The molecule has 4 rings (SSSR count). The van der Waals surface area contributed by atoms with Crippen LogP contribution in [0.2, 0.25) is 0 Å². The largest absolute Gasteiger partial charge is 0.497 e. The molecule has 0 saturated carbocycles. The zero-order chi connectivity index (χ0) is 17.9. The van der Waals surface area contributed by atoms with Gasteiger partial charge in [-0.1, -0.05) is 18.2 Å². The van der Waals surface area contributed by atoms with Crippen LogP contribution in [0.3, 0.4) is 0 Å². The molecule has 4 nitrogen and oxygen atoms in total. The van der Waals surface area contributed by atoms with Gasteiger partial charge in [-0.2, -0.15) is 0 Å². The molecule has 4 heteroatoms. The normalized spacial score (nSPS) is 14.0. The van der Waals surface area contributed by atoms with Crippen LogP contribution in [-0.4, -0.2) is 25.2 Å². The molecule has 134 valence electrons. The van der Waals surface area contributed by atoms with E-state index in [1.54, 1.807) is 7.11 Å². The zero-order valence-electron chi connectivity index (χ0n) is 15.4. The second-order valence-corrected chi connectivity index (χ2v) is 6.80. The van der Waals surface area contributed by atoms with Gasteiger partial charge in [-0.15, -0.1) is 0 Å². The Morgan fingerprint density at radius 1 is 1.00 bits per heavy atom. The first-order chi connectivity index (χ1) is 12.7. The molecule has 1 aliphatic heterocycles. The number of rotatable bonds is 5. The molecular weight excluding hydrogens is 324 g/mol. The Labute approximate surface area is 154 Å². The molecule has 0 spiro atoms. The highest BCUT2D eigenvalue weighted by atomic mass is 16.5. The highest BCUT2D eigenvalue weighted by Gasteiger charge is 2.16. The standard InChI is InChI=1S/C22H24N2O2/c1-16-12-22(24-10-3-4-11-24)20-9-8-17(13-21(20)23-16)15-26-19-7-5-6-18(14-19)25-2/h5-9,12-14H,3-4,10-11,15H2,1-2H3. The summed E-state index contributed by atoms with van der Waals surface area (Å²) in [6, 6.07) is 16.4. The van der Waals surface area contributed by atoms with E-state index in [9.17, 15) is 0 Å². The summed E-state index contributed by atoms with van der Waals surface area (Å²) < 4.78 is 11.2. The molecule has 0 N–H and O–H groups in total. The fourth-order valence-electron chi connectivity index (χ4n) is 3.55. The predicted molar refractivity (Wildman–Crippen MR) is 105 cm³/mol. The zero-order valence-corrected chi connectivity index (χ0v) is 15.4. The maximum atomic E-state index is 5.93. The molecule has 0 aliphatic carbocycles. The lowest BCUT2D eigenvalue weighted by Gasteiger charge is -2.20. The molecule has 0 amide bonds. The van der Waals surface area contributed by atoms with Crippen LogP contribution in [0.4, 0.5) is 5.69 Å². The van der Waals surface area contributed by atoms with Crippen molar-refractivity contribution in [1.82, 2.24) is 4.98 Å². The number of aromatic nitrogens is 1. The number of aryl methyl sites for hydroxylation is 1. The summed E-state index contributed by atoms with van der Waals surface area (Å²) in [5.74, 6) is 1.60. The SMILES string of the molecule is COc1cccc(OCc2ccc3c(N4CCCC4)cc(C)nc3c2)c1. The molecule has 0 radical (unpaired) electrons. The summed E-state index contributed by atoms with van der Waals surface area (Å²) >= 11 is 0. The van der Waals surface area contributed by atoms with Gasteiger partial charge in [-0.3, -0.25) is 4.98 Å². The summed E-state index contributed by atoms with van der Waals surface area (Å²) in [6.07, 6.45) is 2.55. The molecule has 0 bridgehead atoms. The van der Waals surface area contributed by atoms with E-state index < -0.39 is 0 Å². The van der Waals surface area contributed by atoms with Crippen molar-refractivity contribution in [2.75, 3.05) is 25.1 Å². The Morgan fingerprint density at radius 3 is 2.62 bits per heavy atom. The molecule has 0 atom stereocenters. The third-order valence-electron chi connectivity index (χ3n) is 4.87. The summed E-state index contributed by atoms with van der Waals surface area (Å²) in [5.41, 5.74) is 4.53. The molecule has 26 heavy (non-hydrogen) atoms. The summed E-state index contributed by atoms with van der Waals surface area (Å²) in [4.78, 5) is 7.22. The Kier molecular flexibility index (Phi) is 4.65. The number of ether oxygens (including phenoxy) is 2. The Bertz CT molecular complexity index is 917. The van der Waals surface area contributed by atoms with Gasteiger partial charge in [0.25, 0.3) is 0 Å². The summed E-state index contributed by atoms with van der Waals surface area (Å²) in [7, 11) is 1.66. The number of nitrogens with zero attached hydrogens (tertiary/aromatic N) is 2. The van der Waals surface area contributed by atoms with Gasteiger partial charge in [0.15, 0.2) is 0 Å². The van der Waals surface area contributed by atoms with Gasteiger partial charge in [-0.05, 0) is 49.6 Å². The monoisotopic (exact) mass is 348 g/mol. The van der Waals surface area contributed by atoms with Gasteiger partial charge >= 0.3 is 0 Å². The van der Waals surface area contributed by atoms with E-state index in [1.165, 1.54) is 23.9 Å². The lowest BCUT2D eigenvalue weighted by molar-refractivity contribution is 0.304. The van der Waals surface area contributed by atoms with Crippen LogP contribution in [0.15, 0.2) is 48.5 Å². The minimum Gasteiger partial charge on any atom is -0.497 e. The lowest BCUT2D eigenvalue weighted by atomic mass is 10.1. The molecule has 1 saturated heterocycles. The molecule has 1 fully saturated rings. The number of hydrogen-bond donors (Lipinski definition) is 0. The van der Waals surface area contributed by atoms with E-state index in [-0.39, 0.29) is 0 Å². The fourth-order valence-corrected chi connectivity index (χ4v) is 3.55. The van der Waals surface area contributed by atoms with Crippen LogP contribution in [0, 0.1) is 6.92 Å². The van der Waals surface area contributed by atoms with Crippen LogP contribution >= 0.6 is 0 Å². The molecule has 1 aromatic heterocycles. The summed E-state index contributed by atoms with van der Waals surface area (Å²) in [5, 5.41) is 1.22. The van der Waals surface area contributed by atoms with Crippen molar-refractivity contribution in [2.45, 2.75) is 26.4 Å². The topological polar surface area (TPSA) is 34.6 Å². The Balaban J connectivity index is 1.59. The van der Waals surface area contributed by atoms with Crippen molar-refractivity contribution < 1.29 is 9.47 Å². The van der Waals surface area contributed by atoms with Crippen molar-refractivity contribution in [1.29, 1.82) is 0 Å². The Morgan fingerprint density at radius 2 is 1.81 bits per heavy atom. The number of anilines is 1. The first-order valence-corrected chi connectivity index (χ1v) is 9.15. The third-order valence-corrected chi connectivity index (χ3v) is 4.87. The van der Waals surface area contributed by atoms with E-state index in [4.69, 9.17) is 14.5 Å². The average Bonchev–Trinajstić information content (AvgIpc) is 3.20. The number of fused-ring (bicyclic) bond motifs is 1.